The van der Waals surface area contributed by atoms with Gasteiger partial charge in [0, 0.05) is 30.8 Å². The van der Waals surface area contributed by atoms with E-state index in [-0.39, 0.29) is 18.2 Å². The van der Waals surface area contributed by atoms with Crippen molar-refractivity contribution < 1.29 is 14.7 Å². The number of pyridine rings is 1. The van der Waals surface area contributed by atoms with Gasteiger partial charge in [0.15, 0.2) is 5.78 Å². The predicted octanol–water partition coefficient (Wildman–Crippen LogP) is 2.30. The Morgan fingerprint density at radius 3 is 2.81 bits per heavy atom. The minimum absolute atomic E-state index is 0.0876. The van der Waals surface area contributed by atoms with E-state index in [4.69, 9.17) is 11.6 Å². The molecule has 0 spiro atoms. The van der Waals surface area contributed by atoms with E-state index in [0.717, 1.165) is 11.7 Å². The quantitative estimate of drug-likeness (QED) is 0.351. The largest absolute Gasteiger partial charge is 0.392 e. The molecule has 2 atom stereocenters. The Hall–Kier alpha value is -2.02. The van der Waals surface area contributed by atoms with Gasteiger partial charge in [-0.1, -0.05) is 35.9 Å². The van der Waals surface area contributed by atoms with Gasteiger partial charge in [0.1, 0.15) is 5.15 Å². The van der Waals surface area contributed by atoms with Crippen LogP contribution in [0, 0.1) is 0 Å². The zero-order chi connectivity index (χ0) is 18.5. The van der Waals surface area contributed by atoms with E-state index in [9.17, 15) is 14.7 Å². The van der Waals surface area contributed by atoms with Gasteiger partial charge in [0.25, 0.3) is 7.41 Å². The SMILES string of the molecule is O=C[B]N1Cc2ccccc2C[C@H]1[C@H](O)CCC(=O)c1ccc(Cl)nc1. The molecule has 1 aliphatic heterocycles. The molecule has 1 aliphatic rings. The number of halogens is 1. The Labute approximate surface area is 158 Å². The average Bonchev–Trinajstić information content (AvgIpc) is 2.66. The summed E-state index contributed by atoms with van der Waals surface area (Å²) >= 11 is 5.73. The molecule has 26 heavy (non-hydrogen) atoms. The van der Waals surface area contributed by atoms with Crippen molar-refractivity contribution in [3.63, 3.8) is 0 Å². The number of hydrogen-bond donors (Lipinski definition) is 1. The first-order chi connectivity index (χ1) is 12.6. The molecule has 0 saturated carbocycles. The van der Waals surface area contributed by atoms with Gasteiger partial charge in [-0.3, -0.25) is 4.79 Å². The summed E-state index contributed by atoms with van der Waals surface area (Å²) in [5.74, 6) is -0.0876. The fourth-order valence-electron chi connectivity index (χ4n) is 3.32. The van der Waals surface area contributed by atoms with Crippen molar-refractivity contribution in [3.8, 4) is 0 Å². The minimum atomic E-state index is -0.719. The zero-order valence-electron chi connectivity index (χ0n) is 14.2. The third-order valence-corrected chi connectivity index (χ3v) is 4.96. The number of rotatable bonds is 7. The first kappa shape index (κ1) is 18.8. The first-order valence-corrected chi connectivity index (χ1v) is 8.90. The smallest absolute Gasteiger partial charge is 0.293 e. The summed E-state index contributed by atoms with van der Waals surface area (Å²) < 4.78 is 0. The molecule has 0 unspecified atom stereocenters. The molecular weight excluding hydrogens is 350 g/mol. The van der Waals surface area contributed by atoms with Gasteiger partial charge >= 0.3 is 0 Å². The molecule has 5 nitrogen and oxygen atoms in total. The number of fused-ring (bicyclic) bond motifs is 1. The Morgan fingerprint density at radius 2 is 2.12 bits per heavy atom. The maximum absolute atomic E-state index is 12.3. The molecular formula is C19H19BClN2O3. The third-order valence-electron chi connectivity index (χ3n) is 4.74. The third kappa shape index (κ3) is 4.39. The molecule has 0 aliphatic carbocycles. The lowest BCUT2D eigenvalue weighted by atomic mass is 9.81. The highest BCUT2D eigenvalue weighted by Crippen LogP contribution is 2.25. The Bertz CT molecular complexity index is 785. The lowest BCUT2D eigenvalue weighted by Gasteiger charge is -2.38. The summed E-state index contributed by atoms with van der Waals surface area (Å²) in [5.41, 5.74) is 2.80. The molecule has 3 rings (SSSR count). The van der Waals surface area contributed by atoms with E-state index < -0.39 is 6.10 Å². The highest BCUT2D eigenvalue weighted by atomic mass is 35.5. The van der Waals surface area contributed by atoms with E-state index in [1.54, 1.807) is 12.1 Å². The van der Waals surface area contributed by atoms with Crippen molar-refractivity contribution in [2.45, 2.75) is 38.0 Å². The number of aliphatic hydroxyl groups is 1. The van der Waals surface area contributed by atoms with Crippen molar-refractivity contribution in [1.82, 2.24) is 9.79 Å². The summed E-state index contributed by atoms with van der Waals surface area (Å²) in [5, 5.41) is 11.0. The van der Waals surface area contributed by atoms with E-state index >= 15 is 0 Å². The van der Waals surface area contributed by atoms with Gasteiger partial charge in [-0.2, -0.15) is 0 Å². The summed E-state index contributed by atoms with van der Waals surface area (Å²) in [7, 11) is 1.47. The molecule has 7 heteroatoms. The maximum atomic E-state index is 12.3. The Kier molecular flexibility index (Phi) is 6.19. The zero-order valence-corrected chi connectivity index (χ0v) is 15.0. The summed E-state index contributed by atoms with van der Waals surface area (Å²) in [6.45, 7) is 0.575. The van der Waals surface area contributed by atoms with Gasteiger partial charge in [0.2, 0.25) is 0 Å². The molecule has 0 amide bonds. The van der Waals surface area contributed by atoms with Crippen LogP contribution in [-0.2, 0) is 17.8 Å². The van der Waals surface area contributed by atoms with Crippen LogP contribution in [0.1, 0.15) is 34.3 Å². The number of ketones is 1. The fraction of sp³-hybridized carbons (Fsp3) is 0.316. The molecule has 1 aromatic carbocycles. The summed E-state index contributed by atoms with van der Waals surface area (Å²) in [6, 6.07) is 11.0. The lowest BCUT2D eigenvalue weighted by Crippen LogP contribution is -2.49. The number of nitrogens with zero attached hydrogens (tertiary/aromatic N) is 2. The van der Waals surface area contributed by atoms with Crippen molar-refractivity contribution in [2.75, 3.05) is 0 Å². The molecule has 1 radical (unpaired) electrons. The highest BCUT2D eigenvalue weighted by Gasteiger charge is 2.31. The number of hydrogen-bond acceptors (Lipinski definition) is 5. The van der Waals surface area contributed by atoms with Crippen LogP contribution in [0.25, 0.3) is 0 Å². The number of carbonyl (C=O) groups excluding carboxylic acids is 2. The fourth-order valence-corrected chi connectivity index (χ4v) is 3.43. The molecule has 0 fully saturated rings. The Balaban J connectivity index is 1.65. The molecule has 0 saturated heterocycles. The number of carbonyl (C=O) groups is 2. The van der Waals surface area contributed by atoms with E-state index in [2.05, 4.69) is 4.98 Å². The van der Waals surface area contributed by atoms with Gasteiger partial charge in [0.05, 0.1) is 12.3 Å². The van der Waals surface area contributed by atoms with E-state index in [1.165, 1.54) is 19.2 Å². The second-order valence-electron chi connectivity index (χ2n) is 6.40. The lowest BCUT2D eigenvalue weighted by molar-refractivity contribution is 0.0677. The average molecular weight is 370 g/mol. The molecule has 1 N–H and O–H groups in total. The Morgan fingerprint density at radius 1 is 1.35 bits per heavy atom. The van der Waals surface area contributed by atoms with Crippen LogP contribution in [0.2, 0.25) is 5.15 Å². The van der Waals surface area contributed by atoms with E-state index in [1.807, 2.05) is 29.1 Å². The normalized spacial score (nSPS) is 18.0. The monoisotopic (exact) mass is 369 g/mol. The highest BCUT2D eigenvalue weighted by molar-refractivity contribution is 6.64. The van der Waals surface area contributed by atoms with Gasteiger partial charge in [-0.05, 0) is 36.1 Å². The van der Waals surface area contributed by atoms with Crippen LogP contribution in [-0.4, -0.2) is 46.4 Å². The predicted molar refractivity (Wildman–Crippen MR) is 101 cm³/mol. The number of aromatic nitrogens is 1. The second-order valence-corrected chi connectivity index (χ2v) is 6.78. The van der Waals surface area contributed by atoms with Crippen molar-refractivity contribution in [3.05, 3.63) is 64.4 Å². The first-order valence-electron chi connectivity index (χ1n) is 8.52. The van der Waals surface area contributed by atoms with Gasteiger partial charge in [-0.25, -0.2) is 4.98 Å². The van der Waals surface area contributed by atoms with Crippen LogP contribution in [0.5, 0.6) is 0 Å². The van der Waals surface area contributed by atoms with Gasteiger partial charge < -0.3 is 14.7 Å². The standard InChI is InChI=1S/C19H19BClN2O3/c21-19-8-5-14(10-22-19)17(25)6-7-18(26)16-9-13-3-1-2-4-15(13)11-23(16)20-12-24/h1-5,8,10,12,16,18,26H,6-7,9,11H2/t16-,18+/m0/s1. The number of benzene rings is 1. The van der Waals surface area contributed by atoms with Crippen LogP contribution < -0.4 is 0 Å². The molecule has 2 heterocycles. The van der Waals surface area contributed by atoms with E-state index in [0.29, 0.717) is 30.1 Å². The molecule has 133 valence electrons. The minimum Gasteiger partial charge on any atom is -0.392 e. The summed E-state index contributed by atoms with van der Waals surface area (Å²) in [6.07, 6.45) is 2.62. The maximum Gasteiger partial charge on any atom is 0.293 e. The topological polar surface area (TPSA) is 70.5 Å². The second kappa shape index (κ2) is 8.58. The van der Waals surface area contributed by atoms with Crippen molar-refractivity contribution in [1.29, 1.82) is 0 Å². The van der Waals surface area contributed by atoms with Crippen LogP contribution in [0.3, 0.4) is 0 Å². The van der Waals surface area contributed by atoms with Crippen molar-refractivity contribution in [2.24, 2.45) is 0 Å². The molecule has 0 bridgehead atoms. The number of Topliss-reactive ketones (excluding diaryl/α,β-unsaturated/α-hetero) is 1. The van der Waals surface area contributed by atoms with Crippen LogP contribution in [0.4, 0.5) is 0 Å². The van der Waals surface area contributed by atoms with Gasteiger partial charge in [-0.15, -0.1) is 0 Å². The number of aliphatic hydroxyl groups excluding tert-OH is 1. The molecule has 1 aromatic heterocycles. The van der Waals surface area contributed by atoms with Crippen molar-refractivity contribution >= 4 is 31.0 Å². The molecule has 2 aromatic rings. The summed E-state index contributed by atoms with van der Waals surface area (Å²) in [4.78, 5) is 29.0. The van der Waals surface area contributed by atoms with Crippen LogP contribution in [0.15, 0.2) is 42.6 Å². The van der Waals surface area contributed by atoms with Crippen LogP contribution >= 0.6 is 11.6 Å².